The summed E-state index contributed by atoms with van der Waals surface area (Å²) in [6.07, 6.45) is 1.94. The van der Waals surface area contributed by atoms with Crippen LogP contribution in [-0.2, 0) is 16.0 Å². The molecule has 1 aromatic carbocycles. The van der Waals surface area contributed by atoms with Crippen molar-refractivity contribution in [3.05, 3.63) is 35.9 Å². The Balaban J connectivity index is 1.73. The Labute approximate surface area is 120 Å². The van der Waals surface area contributed by atoms with E-state index in [0.717, 1.165) is 19.4 Å². The second-order valence-corrected chi connectivity index (χ2v) is 5.23. The van der Waals surface area contributed by atoms with Crippen molar-refractivity contribution in [2.45, 2.75) is 25.8 Å². The molecule has 1 aromatic rings. The number of hydrogen-bond acceptors (Lipinski definition) is 3. The maximum Gasteiger partial charge on any atom is 0.227 e. The molecule has 0 aliphatic carbocycles. The fraction of sp³-hybridized carbons (Fsp3) is 0.562. The predicted molar refractivity (Wildman–Crippen MR) is 79.5 cm³/mol. The summed E-state index contributed by atoms with van der Waals surface area (Å²) in [5, 5.41) is 6.41. The van der Waals surface area contributed by atoms with Gasteiger partial charge in [-0.15, -0.1) is 0 Å². The molecule has 20 heavy (non-hydrogen) atoms. The van der Waals surface area contributed by atoms with Crippen molar-refractivity contribution in [3.63, 3.8) is 0 Å². The highest BCUT2D eigenvalue weighted by atomic mass is 16.5. The molecule has 1 heterocycles. The molecule has 0 saturated carbocycles. The molecule has 0 spiro atoms. The average molecular weight is 276 g/mol. The first-order valence-corrected chi connectivity index (χ1v) is 7.44. The fourth-order valence-electron chi connectivity index (χ4n) is 2.45. The lowest BCUT2D eigenvalue weighted by Gasteiger charge is -2.18. The number of rotatable bonds is 7. The fourth-order valence-corrected chi connectivity index (χ4v) is 2.45. The van der Waals surface area contributed by atoms with Gasteiger partial charge in [-0.05, 0) is 24.9 Å². The monoisotopic (exact) mass is 276 g/mol. The van der Waals surface area contributed by atoms with Crippen molar-refractivity contribution in [3.8, 4) is 0 Å². The van der Waals surface area contributed by atoms with Gasteiger partial charge in [-0.2, -0.15) is 0 Å². The first kappa shape index (κ1) is 15.0. The van der Waals surface area contributed by atoms with Crippen LogP contribution in [0.15, 0.2) is 30.3 Å². The standard InChI is InChI=1S/C16H24N2O2/c1-2-9-17-15-12-20-11-14(15)16(19)18-10-8-13-6-4-3-5-7-13/h3-7,14-15,17H,2,8-12H2,1H3,(H,18,19). The van der Waals surface area contributed by atoms with Gasteiger partial charge < -0.3 is 15.4 Å². The van der Waals surface area contributed by atoms with E-state index < -0.39 is 0 Å². The number of amides is 1. The Bertz CT molecular complexity index is 408. The number of nitrogens with one attached hydrogen (secondary N) is 2. The molecule has 0 bridgehead atoms. The lowest BCUT2D eigenvalue weighted by atomic mass is 10.0. The van der Waals surface area contributed by atoms with Gasteiger partial charge in [0.25, 0.3) is 0 Å². The second kappa shape index (κ2) is 8.02. The van der Waals surface area contributed by atoms with E-state index in [-0.39, 0.29) is 17.9 Å². The molecule has 4 heteroatoms. The lowest BCUT2D eigenvalue weighted by Crippen LogP contribution is -2.44. The zero-order valence-electron chi connectivity index (χ0n) is 12.1. The summed E-state index contributed by atoms with van der Waals surface area (Å²) in [5.74, 6) is 0.0457. The van der Waals surface area contributed by atoms with Crippen molar-refractivity contribution in [2.24, 2.45) is 5.92 Å². The molecule has 1 amide bonds. The average Bonchev–Trinajstić information content (AvgIpc) is 2.94. The minimum Gasteiger partial charge on any atom is -0.379 e. The van der Waals surface area contributed by atoms with E-state index in [0.29, 0.717) is 19.8 Å². The third-order valence-corrected chi connectivity index (χ3v) is 3.63. The number of carbonyl (C=O) groups is 1. The van der Waals surface area contributed by atoms with Gasteiger partial charge in [0.05, 0.1) is 19.1 Å². The Kier molecular flexibility index (Phi) is 6.02. The van der Waals surface area contributed by atoms with Crippen molar-refractivity contribution < 1.29 is 9.53 Å². The van der Waals surface area contributed by atoms with E-state index in [1.165, 1.54) is 5.56 Å². The molecule has 0 radical (unpaired) electrons. The minimum atomic E-state index is -0.0580. The number of carbonyl (C=O) groups excluding carboxylic acids is 1. The Morgan fingerprint density at radius 2 is 2.05 bits per heavy atom. The largest absolute Gasteiger partial charge is 0.379 e. The molecule has 1 aliphatic heterocycles. The highest BCUT2D eigenvalue weighted by molar-refractivity contribution is 5.79. The van der Waals surface area contributed by atoms with Crippen LogP contribution in [0.3, 0.4) is 0 Å². The molecule has 4 nitrogen and oxygen atoms in total. The van der Waals surface area contributed by atoms with Crippen molar-refractivity contribution >= 4 is 5.91 Å². The smallest absolute Gasteiger partial charge is 0.227 e. The van der Waals surface area contributed by atoms with Crippen LogP contribution in [-0.4, -0.2) is 38.3 Å². The summed E-state index contributed by atoms with van der Waals surface area (Å²) in [6, 6.07) is 10.4. The van der Waals surface area contributed by atoms with Crippen LogP contribution in [0.4, 0.5) is 0 Å². The second-order valence-electron chi connectivity index (χ2n) is 5.23. The van der Waals surface area contributed by atoms with E-state index in [2.05, 4.69) is 29.7 Å². The summed E-state index contributed by atoms with van der Waals surface area (Å²) in [5.41, 5.74) is 1.25. The molecule has 2 N–H and O–H groups in total. The van der Waals surface area contributed by atoms with Gasteiger partial charge >= 0.3 is 0 Å². The van der Waals surface area contributed by atoms with Crippen LogP contribution in [0.2, 0.25) is 0 Å². The quantitative estimate of drug-likeness (QED) is 0.790. The Hall–Kier alpha value is -1.39. The molecule has 2 unspecified atom stereocenters. The molecule has 1 fully saturated rings. The van der Waals surface area contributed by atoms with E-state index in [1.807, 2.05) is 18.2 Å². The molecule has 1 aliphatic rings. The summed E-state index contributed by atoms with van der Waals surface area (Å²) in [7, 11) is 0. The van der Waals surface area contributed by atoms with Crippen LogP contribution in [0.1, 0.15) is 18.9 Å². The maximum atomic E-state index is 12.2. The van der Waals surface area contributed by atoms with Crippen molar-refractivity contribution in [1.29, 1.82) is 0 Å². The summed E-state index contributed by atoms with van der Waals surface area (Å²) in [6.45, 7) is 4.90. The van der Waals surface area contributed by atoms with Gasteiger partial charge in [0.2, 0.25) is 5.91 Å². The molecule has 2 rings (SSSR count). The third kappa shape index (κ3) is 4.32. The number of hydrogen-bond donors (Lipinski definition) is 2. The van der Waals surface area contributed by atoms with E-state index in [9.17, 15) is 4.79 Å². The molecule has 0 aromatic heterocycles. The first-order valence-electron chi connectivity index (χ1n) is 7.44. The zero-order valence-corrected chi connectivity index (χ0v) is 12.1. The molecular weight excluding hydrogens is 252 g/mol. The Morgan fingerprint density at radius 1 is 1.25 bits per heavy atom. The molecule has 1 saturated heterocycles. The SMILES string of the molecule is CCCNC1COCC1C(=O)NCCc1ccccc1. The lowest BCUT2D eigenvalue weighted by molar-refractivity contribution is -0.125. The van der Waals surface area contributed by atoms with Gasteiger partial charge in [-0.25, -0.2) is 0 Å². The Morgan fingerprint density at radius 3 is 2.80 bits per heavy atom. The van der Waals surface area contributed by atoms with Crippen molar-refractivity contribution in [1.82, 2.24) is 10.6 Å². The highest BCUT2D eigenvalue weighted by Crippen LogP contribution is 2.14. The van der Waals surface area contributed by atoms with Crippen LogP contribution < -0.4 is 10.6 Å². The number of ether oxygens (including phenoxy) is 1. The topological polar surface area (TPSA) is 50.4 Å². The predicted octanol–water partition coefficient (Wildman–Crippen LogP) is 1.36. The van der Waals surface area contributed by atoms with Gasteiger partial charge in [-0.1, -0.05) is 37.3 Å². The highest BCUT2D eigenvalue weighted by Gasteiger charge is 2.33. The molecular formula is C16H24N2O2. The van der Waals surface area contributed by atoms with Crippen molar-refractivity contribution in [2.75, 3.05) is 26.3 Å². The normalized spacial score (nSPS) is 21.9. The molecule has 2 atom stereocenters. The van der Waals surface area contributed by atoms with Crippen LogP contribution in [0.5, 0.6) is 0 Å². The summed E-state index contributed by atoms with van der Waals surface area (Å²) >= 11 is 0. The van der Waals surface area contributed by atoms with Gasteiger partial charge in [0.15, 0.2) is 0 Å². The van der Waals surface area contributed by atoms with Crippen LogP contribution in [0, 0.1) is 5.92 Å². The first-order chi connectivity index (χ1) is 9.81. The van der Waals surface area contributed by atoms with E-state index in [4.69, 9.17) is 4.74 Å². The summed E-state index contributed by atoms with van der Waals surface area (Å²) in [4.78, 5) is 12.2. The van der Waals surface area contributed by atoms with Crippen LogP contribution >= 0.6 is 0 Å². The van der Waals surface area contributed by atoms with E-state index in [1.54, 1.807) is 0 Å². The molecule has 110 valence electrons. The summed E-state index contributed by atoms with van der Waals surface area (Å²) < 4.78 is 5.43. The van der Waals surface area contributed by atoms with Gasteiger partial charge in [0.1, 0.15) is 0 Å². The zero-order chi connectivity index (χ0) is 14.2. The van der Waals surface area contributed by atoms with E-state index >= 15 is 0 Å². The number of benzene rings is 1. The minimum absolute atomic E-state index is 0.0580. The maximum absolute atomic E-state index is 12.2. The van der Waals surface area contributed by atoms with Gasteiger partial charge in [0, 0.05) is 12.6 Å². The van der Waals surface area contributed by atoms with Crippen LogP contribution in [0.25, 0.3) is 0 Å². The van der Waals surface area contributed by atoms with Gasteiger partial charge in [-0.3, -0.25) is 4.79 Å². The third-order valence-electron chi connectivity index (χ3n) is 3.63.